The first-order chi connectivity index (χ1) is 5.41. The molecule has 0 fully saturated rings. The first-order valence-electron chi connectivity index (χ1n) is 3.34. The highest BCUT2D eigenvalue weighted by molar-refractivity contribution is 5.48. The lowest BCUT2D eigenvalue weighted by Gasteiger charge is -2.08. The molecule has 4 heteroatoms. The Bertz CT molecular complexity index is 292. The lowest BCUT2D eigenvalue weighted by Crippen LogP contribution is -2.05. The molecule has 0 amide bonds. The van der Waals surface area contributed by atoms with Crippen LogP contribution in [0.4, 0.5) is 18.9 Å². The highest BCUT2D eigenvalue weighted by atomic mass is 19.4. The van der Waals surface area contributed by atoms with Crippen LogP contribution in [-0.4, -0.2) is 0 Å². The van der Waals surface area contributed by atoms with Crippen LogP contribution in [0, 0.1) is 6.92 Å². The molecule has 1 rings (SSSR count). The summed E-state index contributed by atoms with van der Waals surface area (Å²) in [5.41, 5.74) is 5.53. The Labute approximate surface area is 82.7 Å². The van der Waals surface area contributed by atoms with E-state index in [1.807, 2.05) is 0 Å². The molecule has 0 aliphatic heterocycles. The van der Waals surface area contributed by atoms with Gasteiger partial charge in [0.05, 0.1) is 5.56 Å². The van der Waals surface area contributed by atoms with Crippen LogP contribution < -0.4 is 5.73 Å². The fourth-order valence-corrected chi connectivity index (χ4v) is 0.852. The number of halogens is 3. The van der Waals surface area contributed by atoms with Gasteiger partial charge in [0, 0.05) is 5.69 Å². The summed E-state index contributed by atoms with van der Waals surface area (Å²) in [5.74, 6) is 0. The predicted molar refractivity (Wildman–Crippen MR) is 54.1 cm³/mol. The van der Waals surface area contributed by atoms with E-state index in [1.54, 1.807) is 6.92 Å². The molecular formula is C10H16F3N. The molecule has 1 aromatic rings. The molecule has 0 aliphatic rings. The number of aryl methyl sites for hydroxylation is 1. The van der Waals surface area contributed by atoms with Crippen LogP contribution in [0.15, 0.2) is 18.2 Å². The van der Waals surface area contributed by atoms with Gasteiger partial charge in [-0.2, -0.15) is 13.2 Å². The monoisotopic (exact) mass is 207 g/mol. The van der Waals surface area contributed by atoms with Gasteiger partial charge in [0.15, 0.2) is 0 Å². The molecule has 0 spiro atoms. The minimum atomic E-state index is -4.28. The quantitative estimate of drug-likeness (QED) is 0.642. The number of nitrogen functional groups attached to an aromatic ring is 1. The zero-order valence-corrected chi connectivity index (χ0v) is 6.44. The van der Waals surface area contributed by atoms with Crippen molar-refractivity contribution in [3.8, 4) is 0 Å². The Balaban J connectivity index is 0. The number of anilines is 1. The lowest BCUT2D eigenvalue weighted by molar-refractivity contribution is -0.137. The molecule has 14 heavy (non-hydrogen) atoms. The van der Waals surface area contributed by atoms with Gasteiger partial charge in [0.2, 0.25) is 0 Å². The summed E-state index contributed by atoms with van der Waals surface area (Å²) in [6.45, 7) is 1.55. The van der Waals surface area contributed by atoms with E-state index in [2.05, 4.69) is 0 Å². The summed E-state index contributed by atoms with van der Waals surface area (Å²) in [6.07, 6.45) is -4.28. The molecule has 0 bridgehead atoms. The van der Waals surface area contributed by atoms with Crippen LogP contribution in [0.25, 0.3) is 0 Å². The van der Waals surface area contributed by atoms with Gasteiger partial charge < -0.3 is 5.73 Å². The van der Waals surface area contributed by atoms with Gasteiger partial charge in [-0.3, -0.25) is 0 Å². The van der Waals surface area contributed by atoms with Crippen LogP contribution in [0.3, 0.4) is 0 Å². The van der Waals surface area contributed by atoms with E-state index in [0.717, 1.165) is 12.1 Å². The Morgan fingerprint density at radius 1 is 1.14 bits per heavy atom. The molecule has 0 radical (unpaired) electrons. The van der Waals surface area contributed by atoms with Crippen LogP contribution in [0.5, 0.6) is 0 Å². The van der Waals surface area contributed by atoms with Gasteiger partial charge in [-0.15, -0.1) is 0 Å². The minimum Gasteiger partial charge on any atom is -0.399 e. The third-order valence-electron chi connectivity index (χ3n) is 1.60. The zero-order valence-electron chi connectivity index (χ0n) is 6.44. The minimum absolute atomic E-state index is 0. The summed E-state index contributed by atoms with van der Waals surface area (Å²) in [6, 6.07) is 3.27. The third kappa shape index (κ3) is 3.28. The van der Waals surface area contributed by atoms with Crippen molar-refractivity contribution < 1.29 is 13.2 Å². The Morgan fingerprint density at radius 3 is 2.00 bits per heavy atom. The van der Waals surface area contributed by atoms with E-state index in [4.69, 9.17) is 5.73 Å². The second kappa shape index (κ2) is 4.88. The topological polar surface area (TPSA) is 26.0 Å². The largest absolute Gasteiger partial charge is 0.416 e. The zero-order chi connectivity index (χ0) is 9.35. The Kier molecular flexibility index (Phi) is 5.33. The second-order valence-electron chi connectivity index (χ2n) is 2.57. The summed E-state index contributed by atoms with van der Waals surface area (Å²) >= 11 is 0. The highest BCUT2D eigenvalue weighted by Crippen LogP contribution is 2.30. The number of alkyl halides is 3. The van der Waals surface area contributed by atoms with E-state index in [-0.39, 0.29) is 14.9 Å². The predicted octanol–water partition coefficient (Wildman–Crippen LogP) is 3.87. The van der Waals surface area contributed by atoms with Crippen molar-refractivity contribution in [3.63, 3.8) is 0 Å². The van der Waals surface area contributed by atoms with Gasteiger partial charge in [-0.25, -0.2) is 0 Å². The van der Waals surface area contributed by atoms with Crippen molar-refractivity contribution in [2.24, 2.45) is 0 Å². The van der Waals surface area contributed by atoms with Crippen molar-refractivity contribution >= 4 is 5.69 Å². The summed E-state index contributed by atoms with van der Waals surface area (Å²) in [5, 5.41) is 0. The first-order valence-corrected chi connectivity index (χ1v) is 3.34. The molecule has 82 valence electrons. The Morgan fingerprint density at radius 2 is 1.64 bits per heavy atom. The SMILES string of the molecule is C.C.Cc1cc(C(F)(F)F)ccc1N. The summed E-state index contributed by atoms with van der Waals surface area (Å²) in [7, 11) is 0. The van der Waals surface area contributed by atoms with Gasteiger partial charge in [-0.05, 0) is 30.7 Å². The third-order valence-corrected chi connectivity index (χ3v) is 1.60. The lowest BCUT2D eigenvalue weighted by atomic mass is 10.1. The average Bonchev–Trinajstić information content (AvgIpc) is 1.92. The van der Waals surface area contributed by atoms with E-state index >= 15 is 0 Å². The number of hydrogen-bond acceptors (Lipinski definition) is 1. The van der Waals surface area contributed by atoms with Crippen LogP contribution in [0.2, 0.25) is 0 Å². The smallest absolute Gasteiger partial charge is 0.399 e. The maximum absolute atomic E-state index is 12.1. The van der Waals surface area contributed by atoms with Crippen LogP contribution in [-0.2, 0) is 6.18 Å². The molecule has 0 saturated carbocycles. The normalized spacial score (nSPS) is 10.0. The van der Waals surface area contributed by atoms with E-state index in [9.17, 15) is 13.2 Å². The fraction of sp³-hybridized carbons (Fsp3) is 0.400. The molecule has 0 saturated heterocycles. The standard InChI is InChI=1S/C8H8F3N.2CH4/c1-5-4-6(8(9,10)11)2-3-7(5)12;;/h2-4H,12H2,1H3;2*1H4. The van der Waals surface area contributed by atoms with Crippen molar-refractivity contribution in [3.05, 3.63) is 29.3 Å². The van der Waals surface area contributed by atoms with Gasteiger partial charge in [0.25, 0.3) is 0 Å². The van der Waals surface area contributed by atoms with Crippen LogP contribution >= 0.6 is 0 Å². The highest BCUT2D eigenvalue weighted by Gasteiger charge is 2.30. The molecule has 1 nitrogen and oxygen atoms in total. The maximum atomic E-state index is 12.1. The van der Waals surface area contributed by atoms with Gasteiger partial charge in [0.1, 0.15) is 0 Å². The number of benzene rings is 1. The van der Waals surface area contributed by atoms with E-state index < -0.39 is 11.7 Å². The number of hydrogen-bond donors (Lipinski definition) is 1. The van der Waals surface area contributed by atoms with Gasteiger partial charge >= 0.3 is 6.18 Å². The molecular weight excluding hydrogens is 191 g/mol. The molecule has 0 atom stereocenters. The number of rotatable bonds is 0. The number of nitrogens with two attached hydrogens (primary N) is 1. The first kappa shape index (κ1) is 15.3. The second-order valence-corrected chi connectivity index (χ2v) is 2.57. The van der Waals surface area contributed by atoms with Crippen LogP contribution in [0.1, 0.15) is 26.0 Å². The van der Waals surface area contributed by atoms with E-state index in [0.29, 0.717) is 11.3 Å². The molecule has 0 unspecified atom stereocenters. The summed E-state index contributed by atoms with van der Waals surface area (Å²) in [4.78, 5) is 0. The fourth-order valence-electron chi connectivity index (χ4n) is 0.852. The molecule has 0 heterocycles. The molecule has 2 N–H and O–H groups in total. The molecule has 1 aromatic carbocycles. The maximum Gasteiger partial charge on any atom is 0.416 e. The summed E-state index contributed by atoms with van der Waals surface area (Å²) < 4.78 is 36.2. The van der Waals surface area contributed by atoms with Crippen molar-refractivity contribution in [2.45, 2.75) is 28.0 Å². The van der Waals surface area contributed by atoms with Crippen molar-refractivity contribution in [1.29, 1.82) is 0 Å². The average molecular weight is 207 g/mol. The Hall–Kier alpha value is -1.19. The van der Waals surface area contributed by atoms with E-state index in [1.165, 1.54) is 6.07 Å². The van der Waals surface area contributed by atoms with Crippen molar-refractivity contribution in [1.82, 2.24) is 0 Å². The van der Waals surface area contributed by atoms with Gasteiger partial charge in [-0.1, -0.05) is 14.9 Å². The van der Waals surface area contributed by atoms with Crippen molar-refractivity contribution in [2.75, 3.05) is 5.73 Å². The molecule has 0 aromatic heterocycles. The molecule has 0 aliphatic carbocycles.